The van der Waals surface area contributed by atoms with Gasteiger partial charge in [0, 0.05) is 0 Å². The Kier molecular flexibility index (Phi) is 10.3. The van der Waals surface area contributed by atoms with Crippen molar-refractivity contribution in [2.75, 3.05) is 0 Å². The van der Waals surface area contributed by atoms with Gasteiger partial charge in [0.2, 0.25) is 0 Å². The second kappa shape index (κ2) is 11.9. The first-order valence-electron chi connectivity index (χ1n) is 9.29. The van der Waals surface area contributed by atoms with E-state index in [9.17, 15) is 0 Å². The van der Waals surface area contributed by atoms with Gasteiger partial charge in [0.05, 0.1) is 0 Å². The predicted octanol–water partition coefficient (Wildman–Crippen LogP) is 0.369. The Morgan fingerprint density at radius 2 is 1.17 bits per heavy atom. The Hall–Kier alpha value is -2.12. The molecule has 0 saturated carbocycles. The molecule has 30 heavy (non-hydrogen) atoms. The molecule has 0 amide bonds. The van der Waals surface area contributed by atoms with Crippen molar-refractivity contribution in [1.82, 2.24) is 0 Å². The van der Waals surface area contributed by atoms with Gasteiger partial charge in [-0.2, -0.15) is 12.1 Å². The van der Waals surface area contributed by atoms with E-state index in [4.69, 9.17) is 0 Å². The number of hydrogen-bond donors (Lipinski definition) is 0. The van der Waals surface area contributed by atoms with Crippen LogP contribution in [0.3, 0.4) is 0 Å². The molecule has 5 aromatic carbocycles. The van der Waals surface area contributed by atoms with E-state index in [1.165, 1.54) is 43.3 Å². The second-order valence-electron chi connectivity index (χ2n) is 6.97. The molecule has 0 aliphatic heterocycles. The topological polar surface area (TPSA) is 0 Å². The van der Waals surface area contributed by atoms with Gasteiger partial charge in [0.25, 0.3) is 0 Å². The molecule has 5 rings (SSSR count). The third kappa shape index (κ3) is 6.19. The summed E-state index contributed by atoms with van der Waals surface area (Å²) in [5.74, 6) is 0. The normalized spacial score (nSPS) is 10.1. The minimum Gasteiger partial charge on any atom is -1.00 e. The van der Waals surface area contributed by atoms with Gasteiger partial charge in [-0.1, -0.05) is 51.9 Å². The summed E-state index contributed by atoms with van der Waals surface area (Å²) in [4.78, 5) is 0. The molecule has 0 aliphatic carbocycles. The van der Waals surface area contributed by atoms with Crippen LogP contribution in [0.4, 0.5) is 0 Å². The summed E-state index contributed by atoms with van der Waals surface area (Å²) < 4.78 is 0. The van der Waals surface area contributed by atoms with Crippen LogP contribution in [0, 0.1) is 13.8 Å². The molecular formula is C26H23F2PTi. The molecule has 0 heterocycles. The van der Waals surface area contributed by atoms with E-state index in [1.54, 1.807) is 0 Å². The van der Waals surface area contributed by atoms with Crippen molar-refractivity contribution in [3.63, 3.8) is 0 Å². The van der Waals surface area contributed by atoms with Crippen LogP contribution >= 0.6 is 8.58 Å². The molecule has 0 saturated heterocycles. The van der Waals surface area contributed by atoms with Crippen LogP contribution in [0.1, 0.15) is 11.1 Å². The van der Waals surface area contributed by atoms with E-state index in [0.29, 0.717) is 0 Å². The summed E-state index contributed by atoms with van der Waals surface area (Å²) in [6.45, 7) is 4.31. The molecule has 0 radical (unpaired) electrons. The Bertz CT molecular complexity index is 1120. The molecule has 0 nitrogen and oxygen atoms in total. The minimum atomic E-state index is 0. The van der Waals surface area contributed by atoms with E-state index in [0.717, 1.165) is 8.58 Å². The van der Waals surface area contributed by atoms with Crippen LogP contribution in [0.5, 0.6) is 0 Å². The van der Waals surface area contributed by atoms with Gasteiger partial charge >= 0.3 is 21.7 Å². The molecule has 150 valence electrons. The second-order valence-corrected chi connectivity index (χ2v) is 8.34. The molecule has 5 aromatic rings. The smallest absolute Gasteiger partial charge is 1.00 e. The molecule has 1 atom stereocenters. The third-order valence-electron chi connectivity index (χ3n) is 4.80. The molecule has 0 fully saturated rings. The molecule has 1 unspecified atom stereocenters. The first kappa shape index (κ1) is 25.9. The Labute approximate surface area is 193 Å². The van der Waals surface area contributed by atoms with Crippen molar-refractivity contribution in [1.29, 1.82) is 0 Å². The predicted molar refractivity (Wildman–Crippen MR) is 123 cm³/mol. The maximum Gasteiger partial charge on any atom is 4.00 e. The van der Waals surface area contributed by atoms with Crippen LogP contribution in [0.25, 0.3) is 21.5 Å². The number of rotatable bonds is 2. The molecule has 0 bridgehead atoms. The zero-order valence-electron chi connectivity index (χ0n) is 17.0. The molecule has 0 spiro atoms. The van der Waals surface area contributed by atoms with Crippen molar-refractivity contribution in [3.05, 3.63) is 108 Å². The number of benzene rings is 3. The Morgan fingerprint density at radius 1 is 0.633 bits per heavy atom. The molecule has 4 heteroatoms. The van der Waals surface area contributed by atoms with E-state index >= 15 is 0 Å². The fourth-order valence-corrected chi connectivity index (χ4v) is 4.62. The summed E-state index contributed by atoms with van der Waals surface area (Å²) in [5, 5.41) is 8.27. The van der Waals surface area contributed by atoms with Crippen LogP contribution < -0.4 is 20.0 Å². The van der Waals surface area contributed by atoms with E-state index < -0.39 is 0 Å². The fraction of sp³-hybridized carbons (Fsp3) is 0.0769. The monoisotopic (exact) mass is 452 g/mol. The van der Waals surface area contributed by atoms with Crippen LogP contribution in [0.15, 0.2) is 97.1 Å². The van der Waals surface area contributed by atoms with E-state index in [1.807, 2.05) is 0 Å². The number of hydrogen-bond acceptors (Lipinski definition) is 0. The summed E-state index contributed by atoms with van der Waals surface area (Å²) in [6.07, 6.45) is 0. The zero-order valence-corrected chi connectivity index (χ0v) is 19.6. The summed E-state index contributed by atoms with van der Waals surface area (Å²) in [6, 6.07) is 34.6. The van der Waals surface area contributed by atoms with Gasteiger partial charge in [-0.15, -0.1) is 80.9 Å². The number of fused-ring (bicyclic) bond motifs is 2. The average molecular weight is 452 g/mol. The maximum absolute atomic E-state index is 2.31. The zero-order chi connectivity index (χ0) is 18.6. The van der Waals surface area contributed by atoms with Crippen LogP contribution in [-0.4, -0.2) is 0 Å². The van der Waals surface area contributed by atoms with E-state index in [-0.39, 0.29) is 31.1 Å². The minimum absolute atomic E-state index is 0. The van der Waals surface area contributed by atoms with Crippen molar-refractivity contribution < 1.29 is 31.1 Å². The van der Waals surface area contributed by atoms with Gasteiger partial charge in [-0.3, -0.25) is 0 Å². The standard InChI is InChI=1S/C16H14P.C10H9.2FH.Ti/c1-12-6-2-5-9-16(12)17-15-10-13-7-3-4-8-14(13)11-15;1-8-6-9-4-2-3-5-10(9)7-8;;;/h2-11,17H,1H3;2-7H,1H3;2*1H;/q2*-1;;;+4/p-2. The summed E-state index contributed by atoms with van der Waals surface area (Å²) in [7, 11) is 0.759. The van der Waals surface area contributed by atoms with Crippen molar-refractivity contribution >= 4 is 40.7 Å². The largest absolute Gasteiger partial charge is 4.00 e. The Morgan fingerprint density at radius 3 is 1.77 bits per heavy atom. The van der Waals surface area contributed by atoms with Gasteiger partial charge < -0.3 is 9.41 Å². The SMILES string of the molecule is Cc1cc2ccccc2[cH-]1.Cc1ccccc1Pc1cc2ccccc2[cH-]1.[F-].[F-].[Ti+4]. The molecule has 0 N–H and O–H groups in total. The van der Waals surface area contributed by atoms with Gasteiger partial charge in [-0.25, -0.2) is 0 Å². The van der Waals surface area contributed by atoms with Gasteiger partial charge in [0.1, 0.15) is 0 Å². The quantitative estimate of drug-likeness (QED) is 0.206. The van der Waals surface area contributed by atoms with Crippen LogP contribution in [0.2, 0.25) is 0 Å². The average Bonchev–Trinajstić information content (AvgIpc) is 3.25. The van der Waals surface area contributed by atoms with Crippen molar-refractivity contribution in [3.8, 4) is 0 Å². The summed E-state index contributed by atoms with van der Waals surface area (Å²) >= 11 is 0. The van der Waals surface area contributed by atoms with Crippen LogP contribution in [-0.2, 0) is 21.7 Å². The number of halogens is 2. The third-order valence-corrected chi connectivity index (χ3v) is 6.21. The number of aryl methyl sites for hydroxylation is 2. The van der Waals surface area contributed by atoms with E-state index in [2.05, 4.69) is 111 Å². The van der Waals surface area contributed by atoms with Crippen molar-refractivity contribution in [2.45, 2.75) is 13.8 Å². The van der Waals surface area contributed by atoms with Crippen molar-refractivity contribution in [2.24, 2.45) is 0 Å². The fourth-order valence-electron chi connectivity index (χ4n) is 3.40. The Balaban J connectivity index is 0.000000302. The molecule has 0 aliphatic rings. The summed E-state index contributed by atoms with van der Waals surface area (Å²) in [5.41, 5.74) is 2.73. The molecule has 0 aromatic heterocycles. The maximum atomic E-state index is 2.31. The van der Waals surface area contributed by atoms with Gasteiger partial charge in [0.15, 0.2) is 0 Å². The molecular weight excluding hydrogens is 429 g/mol. The first-order valence-corrected chi connectivity index (χ1v) is 10.3. The van der Waals surface area contributed by atoms with Gasteiger partial charge in [-0.05, 0) is 17.8 Å². The first-order chi connectivity index (χ1) is 13.2.